The maximum Gasteiger partial charge on any atom is 0.417 e. The smallest absolute Gasteiger partial charge is 0.321 e. The minimum atomic E-state index is -4.80. The minimum absolute atomic E-state index is 0.320. The fourth-order valence-corrected chi connectivity index (χ4v) is 5.94. The molecule has 8 heteroatoms. The van der Waals surface area contributed by atoms with Crippen molar-refractivity contribution in [2.75, 3.05) is 0 Å². The molecule has 0 atom stereocenters. The van der Waals surface area contributed by atoms with Gasteiger partial charge in [-0.05, 0) is 69.9 Å². The second-order valence-electron chi connectivity index (χ2n) is 9.56. The highest BCUT2D eigenvalue weighted by Crippen LogP contribution is 2.37. The lowest BCUT2D eigenvalue weighted by Crippen LogP contribution is -2.41. The van der Waals surface area contributed by atoms with E-state index >= 15 is 0 Å². The van der Waals surface area contributed by atoms with E-state index in [-0.39, 0.29) is 0 Å². The Labute approximate surface area is 182 Å². The van der Waals surface area contributed by atoms with Crippen LogP contribution in [0.4, 0.5) is 13.2 Å². The molecule has 1 fully saturated rings. The van der Waals surface area contributed by atoms with Gasteiger partial charge in [0.05, 0.1) is 10.5 Å². The van der Waals surface area contributed by atoms with E-state index in [2.05, 4.69) is 4.72 Å². The first-order valence-electron chi connectivity index (χ1n) is 10.7. The highest BCUT2D eigenvalue weighted by molar-refractivity contribution is 7.89. The summed E-state index contributed by atoms with van der Waals surface area (Å²) in [7, 11) is -4.34. The molecule has 1 N–H and O–H groups in total. The van der Waals surface area contributed by atoms with Crippen LogP contribution in [0, 0.1) is 12.8 Å². The fourth-order valence-electron chi connectivity index (χ4n) is 4.31. The van der Waals surface area contributed by atoms with E-state index in [0.717, 1.165) is 42.7 Å². The van der Waals surface area contributed by atoms with Gasteiger partial charge in [-0.3, -0.25) is 0 Å². The van der Waals surface area contributed by atoms with Crippen LogP contribution in [0.5, 0.6) is 0 Å². The number of alkyl halides is 3. The van der Waals surface area contributed by atoms with Gasteiger partial charge in [0.1, 0.15) is 0 Å². The zero-order chi connectivity index (χ0) is 23.0. The van der Waals surface area contributed by atoms with Gasteiger partial charge in [0, 0.05) is 23.1 Å². The predicted molar refractivity (Wildman–Crippen MR) is 116 cm³/mol. The molecule has 172 valence electrons. The summed E-state index contributed by atoms with van der Waals surface area (Å²) in [4.78, 5) is -0.753. The largest absolute Gasteiger partial charge is 0.417 e. The number of nitrogens with zero attached hydrogens (tertiary/aromatic N) is 1. The molecule has 1 heterocycles. The Balaban J connectivity index is 2.05. The summed E-state index contributed by atoms with van der Waals surface area (Å²) >= 11 is 0. The van der Waals surface area contributed by atoms with Crippen LogP contribution < -0.4 is 4.72 Å². The van der Waals surface area contributed by atoms with Crippen LogP contribution in [0.15, 0.2) is 35.4 Å². The summed E-state index contributed by atoms with van der Waals surface area (Å²) < 4.78 is 71.1. The van der Waals surface area contributed by atoms with Crippen LogP contribution in [0.3, 0.4) is 0 Å². The van der Waals surface area contributed by atoms with Gasteiger partial charge < -0.3 is 4.57 Å². The van der Waals surface area contributed by atoms with Crippen molar-refractivity contribution >= 4 is 10.0 Å². The molecule has 31 heavy (non-hydrogen) atoms. The molecule has 1 aromatic heterocycles. The highest BCUT2D eigenvalue weighted by Gasteiger charge is 2.38. The Hall–Kier alpha value is -1.80. The van der Waals surface area contributed by atoms with Crippen LogP contribution >= 0.6 is 0 Å². The summed E-state index contributed by atoms with van der Waals surface area (Å²) in [6.07, 6.45) is 3.66. The van der Waals surface area contributed by atoms with Gasteiger partial charge in [0.25, 0.3) is 0 Å². The zero-order valence-electron chi connectivity index (χ0n) is 18.5. The van der Waals surface area contributed by atoms with Crippen LogP contribution in [0.2, 0.25) is 0 Å². The Morgan fingerprint density at radius 2 is 1.71 bits per heavy atom. The molecule has 0 unspecified atom stereocenters. The molecule has 3 rings (SSSR count). The standard InChI is InChI=1S/C23H31F3N2O2S/c1-16-12-13-28(20(16)14-17-8-6-5-7-9-17)18-10-11-21(19(15-18)23(24,25)26)31(29,30)27-22(2,3)4/h10-13,15,17,27H,5-9,14H2,1-4H3. The van der Waals surface area contributed by atoms with Crippen molar-refractivity contribution in [1.82, 2.24) is 9.29 Å². The summed E-state index contributed by atoms with van der Waals surface area (Å²) in [6, 6.07) is 5.36. The molecule has 1 aliphatic rings. The number of rotatable bonds is 5. The summed E-state index contributed by atoms with van der Waals surface area (Å²) in [5, 5.41) is 0. The van der Waals surface area contributed by atoms with Crippen molar-refractivity contribution in [3.05, 3.63) is 47.3 Å². The number of halogens is 3. The van der Waals surface area contributed by atoms with E-state index in [1.54, 1.807) is 31.5 Å². The molecule has 1 aliphatic carbocycles. The van der Waals surface area contributed by atoms with Gasteiger partial charge in [-0.25, -0.2) is 13.1 Å². The highest BCUT2D eigenvalue weighted by atomic mass is 32.2. The first kappa shape index (κ1) is 23.9. The quantitative estimate of drug-likeness (QED) is 0.600. The van der Waals surface area contributed by atoms with Gasteiger partial charge in [-0.2, -0.15) is 13.2 Å². The molecule has 0 saturated heterocycles. The summed E-state index contributed by atoms with van der Waals surface area (Å²) in [5.41, 5.74) is 0.289. The number of benzene rings is 1. The van der Waals surface area contributed by atoms with Crippen LogP contribution in [-0.2, 0) is 22.6 Å². The van der Waals surface area contributed by atoms with Crippen molar-refractivity contribution in [2.45, 2.75) is 82.8 Å². The Morgan fingerprint density at radius 1 is 1.06 bits per heavy atom. The second-order valence-corrected chi connectivity index (χ2v) is 11.2. The first-order chi connectivity index (χ1) is 14.3. The molecule has 1 aromatic carbocycles. The Bertz CT molecular complexity index is 1030. The van der Waals surface area contributed by atoms with E-state index in [0.29, 0.717) is 11.6 Å². The van der Waals surface area contributed by atoms with Crippen LogP contribution in [0.25, 0.3) is 5.69 Å². The second kappa shape index (κ2) is 8.62. The Kier molecular flexibility index (Phi) is 6.63. The maximum absolute atomic E-state index is 13.9. The van der Waals surface area contributed by atoms with Gasteiger partial charge in [-0.15, -0.1) is 0 Å². The SMILES string of the molecule is Cc1ccn(-c2ccc(S(=O)(=O)NC(C)(C)C)c(C(F)(F)F)c2)c1CC1CCCCC1. The molecular formula is C23H31F3N2O2S. The van der Waals surface area contributed by atoms with Gasteiger partial charge in [0.2, 0.25) is 10.0 Å². The molecule has 1 saturated carbocycles. The normalized spacial score (nSPS) is 16.6. The predicted octanol–water partition coefficient (Wildman–Crippen LogP) is 6.00. The number of aromatic nitrogens is 1. The van der Waals surface area contributed by atoms with E-state index in [4.69, 9.17) is 0 Å². The van der Waals surface area contributed by atoms with Gasteiger partial charge in [0.15, 0.2) is 0 Å². The summed E-state index contributed by atoms with van der Waals surface area (Å²) in [5.74, 6) is 0.527. The first-order valence-corrected chi connectivity index (χ1v) is 12.2. The van der Waals surface area contributed by atoms with E-state index in [1.165, 1.54) is 25.3 Å². The third-order valence-electron chi connectivity index (χ3n) is 5.70. The average Bonchev–Trinajstić information content (AvgIpc) is 3.00. The lowest BCUT2D eigenvalue weighted by molar-refractivity contribution is -0.139. The zero-order valence-corrected chi connectivity index (χ0v) is 19.3. The lowest BCUT2D eigenvalue weighted by Gasteiger charge is -2.24. The van der Waals surface area contributed by atoms with Gasteiger partial charge in [-0.1, -0.05) is 32.1 Å². The third kappa shape index (κ3) is 5.71. The maximum atomic E-state index is 13.9. The monoisotopic (exact) mass is 456 g/mol. The van der Waals surface area contributed by atoms with Crippen molar-refractivity contribution in [2.24, 2.45) is 5.92 Å². The minimum Gasteiger partial charge on any atom is -0.321 e. The van der Waals surface area contributed by atoms with Crippen molar-refractivity contribution < 1.29 is 21.6 Å². The average molecular weight is 457 g/mol. The molecule has 0 spiro atoms. The topological polar surface area (TPSA) is 51.1 Å². The van der Waals surface area contributed by atoms with Crippen molar-refractivity contribution in [1.29, 1.82) is 0 Å². The molecule has 0 bridgehead atoms. The number of hydrogen-bond acceptors (Lipinski definition) is 2. The number of aryl methyl sites for hydroxylation is 1. The van der Waals surface area contributed by atoms with E-state index in [1.807, 2.05) is 13.0 Å². The molecule has 2 aromatic rings. The van der Waals surface area contributed by atoms with Crippen LogP contribution in [0.1, 0.15) is 69.7 Å². The molecular weight excluding hydrogens is 425 g/mol. The lowest BCUT2D eigenvalue weighted by atomic mass is 9.85. The van der Waals surface area contributed by atoms with E-state index < -0.39 is 32.2 Å². The molecule has 0 radical (unpaired) electrons. The van der Waals surface area contributed by atoms with Crippen molar-refractivity contribution in [3.8, 4) is 5.69 Å². The fraction of sp³-hybridized carbons (Fsp3) is 0.565. The number of nitrogens with one attached hydrogen (secondary N) is 1. The number of sulfonamides is 1. The molecule has 4 nitrogen and oxygen atoms in total. The molecule has 0 aliphatic heterocycles. The van der Waals surface area contributed by atoms with Crippen LogP contribution in [-0.4, -0.2) is 18.5 Å². The Morgan fingerprint density at radius 3 is 2.29 bits per heavy atom. The van der Waals surface area contributed by atoms with Gasteiger partial charge >= 0.3 is 6.18 Å². The van der Waals surface area contributed by atoms with E-state index in [9.17, 15) is 21.6 Å². The summed E-state index contributed by atoms with van der Waals surface area (Å²) in [6.45, 7) is 6.73. The molecule has 0 amide bonds. The number of hydrogen-bond donors (Lipinski definition) is 1. The van der Waals surface area contributed by atoms with Crippen molar-refractivity contribution in [3.63, 3.8) is 0 Å². The third-order valence-corrected chi connectivity index (χ3v) is 7.52.